The van der Waals surface area contributed by atoms with Gasteiger partial charge in [0.15, 0.2) is 0 Å². The second kappa shape index (κ2) is 5.10. The number of pyridine rings is 1. The first-order valence-electron chi connectivity index (χ1n) is 6.47. The SMILES string of the molecule is CCOC(=O)C#Cc1ccc2c3ccccc3ccn12. The van der Waals surface area contributed by atoms with Crippen LogP contribution in [0.3, 0.4) is 0 Å². The van der Waals surface area contributed by atoms with Gasteiger partial charge in [-0.05, 0) is 36.4 Å². The molecule has 98 valence electrons. The molecule has 2 aromatic heterocycles. The number of aromatic nitrogens is 1. The zero-order valence-electron chi connectivity index (χ0n) is 11.1. The molecule has 0 aliphatic heterocycles. The van der Waals surface area contributed by atoms with Crippen LogP contribution in [0.4, 0.5) is 0 Å². The average molecular weight is 263 g/mol. The van der Waals surface area contributed by atoms with Crippen molar-refractivity contribution in [3.8, 4) is 11.8 Å². The first-order chi connectivity index (χ1) is 9.79. The van der Waals surface area contributed by atoms with Crippen molar-refractivity contribution in [2.45, 2.75) is 6.92 Å². The number of ether oxygens (including phenoxy) is 1. The molecule has 0 fully saturated rings. The molecule has 1 aromatic carbocycles. The van der Waals surface area contributed by atoms with E-state index >= 15 is 0 Å². The van der Waals surface area contributed by atoms with Crippen molar-refractivity contribution in [2.24, 2.45) is 0 Å². The van der Waals surface area contributed by atoms with Crippen molar-refractivity contribution in [3.05, 3.63) is 54.4 Å². The van der Waals surface area contributed by atoms with Gasteiger partial charge in [-0.3, -0.25) is 0 Å². The Hall–Kier alpha value is -2.73. The van der Waals surface area contributed by atoms with Gasteiger partial charge in [0.1, 0.15) is 0 Å². The van der Waals surface area contributed by atoms with Crippen molar-refractivity contribution in [1.82, 2.24) is 4.40 Å². The average Bonchev–Trinajstić information content (AvgIpc) is 2.89. The van der Waals surface area contributed by atoms with Gasteiger partial charge >= 0.3 is 5.97 Å². The first-order valence-corrected chi connectivity index (χ1v) is 6.47. The van der Waals surface area contributed by atoms with Gasteiger partial charge in [0.05, 0.1) is 17.8 Å². The molecule has 0 bridgehead atoms. The molecule has 0 atom stereocenters. The molecular formula is C17H13NO2. The van der Waals surface area contributed by atoms with Crippen LogP contribution in [0, 0.1) is 11.8 Å². The van der Waals surface area contributed by atoms with Gasteiger partial charge in [-0.15, -0.1) is 0 Å². The zero-order valence-corrected chi connectivity index (χ0v) is 11.1. The first kappa shape index (κ1) is 12.3. The van der Waals surface area contributed by atoms with Crippen LogP contribution in [0.25, 0.3) is 16.3 Å². The molecule has 0 saturated carbocycles. The van der Waals surface area contributed by atoms with E-state index in [0.717, 1.165) is 11.2 Å². The normalized spacial score (nSPS) is 10.2. The minimum absolute atomic E-state index is 0.340. The lowest BCUT2D eigenvalue weighted by Gasteiger charge is -2.02. The molecule has 0 unspecified atom stereocenters. The van der Waals surface area contributed by atoms with E-state index in [1.807, 2.05) is 40.9 Å². The van der Waals surface area contributed by atoms with Gasteiger partial charge in [0.25, 0.3) is 0 Å². The fourth-order valence-electron chi connectivity index (χ4n) is 2.24. The summed E-state index contributed by atoms with van der Waals surface area (Å²) in [6.07, 6.45) is 1.97. The summed E-state index contributed by atoms with van der Waals surface area (Å²) < 4.78 is 6.78. The molecule has 0 amide bonds. The minimum Gasteiger partial charge on any atom is -0.456 e. The molecule has 0 N–H and O–H groups in total. The van der Waals surface area contributed by atoms with Crippen LogP contribution in [0.1, 0.15) is 12.6 Å². The fourth-order valence-corrected chi connectivity index (χ4v) is 2.24. The van der Waals surface area contributed by atoms with Crippen LogP contribution in [0.2, 0.25) is 0 Å². The van der Waals surface area contributed by atoms with E-state index in [0.29, 0.717) is 6.61 Å². The van der Waals surface area contributed by atoms with Gasteiger partial charge in [-0.2, -0.15) is 0 Å². The highest BCUT2D eigenvalue weighted by Crippen LogP contribution is 2.21. The Morgan fingerprint density at radius 1 is 1.20 bits per heavy atom. The number of benzene rings is 1. The van der Waals surface area contributed by atoms with Crippen LogP contribution in [-0.4, -0.2) is 17.0 Å². The van der Waals surface area contributed by atoms with Crippen LogP contribution in [-0.2, 0) is 9.53 Å². The van der Waals surface area contributed by atoms with Gasteiger partial charge in [0, 0.05) is 17.5 Å². The smallest absolute Gasteiger partial charge is 0.384 e. The molecule has 0 aliphatic rings. The van der Waals surface area contributed by atoms with Crippen molar-refractivity contribution < 1.29 is 9.53 Å². The largest absolute Gasteiger partial charge is 0.456 e. The van der Waals surface area contributed by atoms with Crippen molar-refractivity contribution in [1.29, 1.82) is 0 Å². The maximum Gasteiger partial charge on any atom is 0.384 e. The highest BCUT2D eigenvalue weighted by atomic mass is 16.5. The lowest BCUT2D eigenvalue weighted by molar-refractivity contribution is -0.136. The Bertz CT molecular complexity index is 849. The van der Waals surface area contributed by atoms with Gasteiger partial charge < -0.3 is 9.14 Å². The highest BCUT2D eigenvalue weighted by Gasteiger charge is 2.03. The molecule has 0 saturated heterocycles. The Kier molecular flexibility index (Phi) is 3.14. The number of nitrogens with zero attached hydrogens (tertiary/aromatic N) is 1. The Morgan fingerprint density at radius 3 is 2.90 bits per heavy atom. The number of rotatable bonds is 1. The summed E-state index contributed by atoms with van der Waals surface area (Å²) in [5.74, 6) is 4.85. The van der Waals surface area contributed by atoms with E-state index in [-0.39, 0.29) is 0 Å². The second-order valence-electron chi connectivity index (χ2n) is 4.35. The predicted octanol–water partition coefficient (Wildman–Crippen LogP) is 3.01. The molecule has 20 heavy (non-hydrogen) atoms. The molecular weight excluding hydrogens is 250 g/mol. The minimum atomic E-state index is -0.497. The third-order valence-corrected chi connectivity index (χ3v) is 3.13. The summed E-state index contributed by atoms with van der Waals surface area (Å²) in [6.45, 7) is 2.10. The quantitative estimate of drug-likeness (QED) is 0.499. The fraction of sp³-hybridized carbons (Fsp3) is 0.118. The van der Waals surface area contributed by atoms with E-state index in [1.54, 1.807) is 6.92 Å². The van der Waals surface area contributed by atoms with Crippen LogP contribution in [0.5, 0.6) is 0 Å². The monoisotopic (exact) mass is 263 g/mol. The van der Waals surface area contributed by atoms with E-state index in [4.69, 9.17) is 4.74 Å². The van der Waals surface area contributed by atoms with Gasteiger partial charge in [-0.25, -0.2) is 4.79 Å². The number of fused-ring (bicyclic) bond motifs is 3. The Labute approximate surface area is 116 Å². The standard InChI is InChI=1S/C17H13NO2/c1-2-20-17(19)10-8-14-7-9-16-15-6-4-3-5-13(15)11-12-18(14)16/h3-7,9,11-12H,2H2,1H3. The van der Waals surface area contributed by atoms with E-state index in [9.17, 15) is 4.79 Å². The third-order valence-electron chi connectivity index (χ3n) is 3.13. The maximum absolute atomic E-state index is 11.3. The van der Waals surface area contributed by atoms with E-state index in [2.05, 4.69) is 24.0 Å². The Balaban J connectivity index is 2.10. The summed E-state index contributed by atoms with van der Waals surface area (Å²) in [5.41, 5.74) is 1.86. The number of carbonyl (C=O) groups excluding carboxylic acids is 1. The van der Waals surface area contributed by atoms with Crippen LogP contribution >= 0.6 is 0 Å². The van der Waals surface area contributed by atoms with Crippen LogP contribution < -0.4 is 0 Å². The van der Waals surface area contributed by atoms with Crippen molar-refractivity contribution in [3.63, 3.8) is 0 Å². The molecule has 0 spiro atoms. The van der Waals surface area contributed by atoms with E-state index in [1.165, 1.54) is 10.8 Å². The molecule has 0 aliphatic carbocycles. The van der Waals surface area contributed by atoms with Gasteiger partial charge in [-0.1, -0.05) is 24.3 Å². The molecule has 3 heteroatoms. The molecule has 2 heterocycles. The number of hydrogen-bond acceptors (Lipinski definition) is 2. The number of carbonyl (C=O) groups is 1. The van der Waals surface area contributed by atoms with Gasteiger partial charge in [0.2, 0.25) is 0 Å². The highest BCUT2D eigenvalue weighted by molar-refractivity contribution is 5.96. The third kappa shape index (κ3) is 2.12. The zero-order chi connectivity index (χ0) is 13.9. The maximum atomic E-state index is 11.3. The summed E-state index contributed by atoms with van der Waals surface area (Å²) in [6, 6.07) is 14.1. The number of hydrogen-bond donors (Lipinski definition) is 0. The topological polar surface area (TPSA) is 30.7 Å². The van der Waals surface area contributed by atoms with Crippen LogP contribution in [0.15, 0.2) is 48.7 Å². The summed E-state index contributed by atoms with van der Waals surface area (Å²) in [4.78, 5) is 11.3. The molecule has 3 rings (SSSR count). The lowest BCUT2D eigenvalue weighted by atomic mass is 10.1. The van der Waals surface area contributed by atoms with Crippen molar-refractivity contribution >= 4 is 22.3 Å². The molecule has 3 aromatic rings. The number of esters is 1. The Morgan fingerprint density at radius 2 is 2.05 bits per heavy atom. The second-order valence-corrected chi connectivity index (χ2v) is 4.35. The molecule has 3 nitrogen and oxygen atoms in total. The lowest BCUT2D eigenvalue weighted by Crippen LogP contribution is -1.99. The summed E-state index contributed by atoms with van der Waals surface area (Å²) in [5, 5.41) is 2.35. The predicted molar refractivity (Wildman–Crippen MR) is 78.4 cm³/mol. The van der Waals surface area contributed by atoms with Crippen molar-refractivity contribution in [2.75, 3.05) is 6.61 Å². The molecule has 0 radical (unpaired) electrons. The summed E-state index contributed by atoms with van der Waals surface area (Å²) in [7, 11) is 0. The summed E-state index contributed by atoms with van der Waals surface area (Å²) >= 11 is 0. The van der Waals surface area contributed by atoms with E-state index < -0.39 is 5.97 Å².